The molecule has 0 atom stereocenters. The van der Waals surface area contributed by atoms with Gasteiger partial charge in [-0.2, -0.15) is 5.10 Å². The fourth-order valence-corrected chi connectivity index (χ4v) is 4.31. The molecule has 0 amide bonds. The van der Waals surface area contributed by atoms with Crippen LogP contribution in [-0.2, 0) is 25.9 Å². The minimum Gasteiger partial charge on any atom is -0.348 e. The van der Waals surface area contributed by atoms with Crippen molar-refractivity contribution in [3.63, 3.8) is 0 Å². The van der Waals surface area contributed by atoms with Crippen molar-refractivity contribution >= 4 is 11.5 Å². The van der Waals surface area contributed by atoms with E-state index in [0.29, 0.717) is 0 Å². The number of aromatic nitrogens is 2. The number of aliphatic imine (C=N–C) groups is 1. The normalized spacial score (nSPS) is 15.3. The summed E-state index contributed by atoms with van der Waals surface area (Å²) in [5.74, 6) is 8.19. The highest BCUT2D eigenvalue weighted by atomic mass is 15.5. The van der Waals surface area contributed by atoms with Gasteiger partial charge in [0.15, 0.2) is 0 Å². The van der Waals surface area contributed by atoms with Crippen molar-refractivity contribution < 1.29 is 0 Å². The number of nitrogens with two attached hydrogens (primary N) is 2. The Labute approximate surface area is 214 Å². The second kappa shape index (κ2) is 12.7. The molecular formula is C29H37N7. The number of hydrogen-bond donors (Lipinski definition) is 3. The molecule has 7 heteroatoms. The molecular weight excluding hydrogens is 446 g/mol. The van der Waals surface area contributed by atoms with E-state index in [0.717, 1.165) is 48.8 Å². The zero-order valence-electron chi connectivity index (χ0n) is 21.5. The summed E-state index contributed by atoms with van der Waals surface area (Å²) >= 11 is 0. The highest BCUT2D eigenvalue weighted by molar-refractivity contribution is 6.01. The fraction of sp³-hybridized carbons (Fsp3) is 0.241. The number of fused-ring (bicyclic) bond motifs is 1. The maximum absolute atomic E-state index is 6.53. The number of aromatic amines is 1. The zero-order valence-corrected chi connectivity index (χ0v) is 21.5. The molecule has 0 unspecified atom stereocenters. The van der Waals surface area contributed by atoms with E-state index in [2.05, 4.69) is 102 Å². The first-order chi connectivity index (χ1) is 17.6. The third kappa shape index (κ3) is 6.00. The van der Waals surface area contributed by atoms with Crippen molar-refractivity contribution in [2.75, 3.05) is 7.05 Å². The van der Waals surface area contributed by atoms with Crippen molar-refractivity contribution in [2.45, 2.75) is 39.8 Å². The van der Waals surface area contributed by atoms with Gasteiger partial charge in [0.1, 0.15) is 11.7 Å². The molecule has 0 bridgehead atoms. The van der Waals surface area contributed by atoms with Gasteiger partial charge >= 0.3 is 0 Å². The lowest BCUT2D eigenvalue weighted by atomic mass is 10.1. The lowest BCUT2D eigenvalue weighted by molar-refractivity contribution is 0.436. The number of H-pyrrole nitrogens is 1. The van der Waals surface area contributed by atoms with Crippen LogP contribution in [-0.4, -0.2) is 33.0 Å². The Morgan fingerprint density at radius 3 is 2.53 bits per heavy atom. The van der Waals surface area contributed by atoms with Gasteiger partial charge in [0.05, 0.1) is 11.9 Å². The Morgan fingerprint density at radius 1 is 1.06 bits per heavy atom. The Morgan fingerprint density at radius 2 is 1.81 bits per heavy atom. The van der Waals surface area contributed by atoms with E-state index < -0.39 is 0 Å². The van der Waals surface area contributed by atoms with Crippen LogP contribution in [0.3, 0.4) is 0 Å². The Bertz CT molecular complexity index is 1240. The molecule has 0 spiro atoms. The van der Waals surface area contributed by atoms with Crippen LogP contribution >= 0.6 is 0 Å². The van der Waals surface area contributed by atoms with Crippen molar-refractivity contribution in [3.05, 3.63) is 119 Å². The summed E-state index contributed by atoms with van der Waals surface area (Å²) in [6.07, 6.45) is 9.61. The molecule has 0 saturated carbocycles. The molecule has 2 aromatic carbocycles. The maximum Gasteiger partial charge on any atom is 0.146 e. The molecule has 7 nitrogen and oxygen atoms in total. The van der Waals surface area contributed by atoms with Crippen LogP contribution in [0, 0.1) is 6.92 Å². The van der Waals surface area contributed by atoms with Crippen LogP contribution in [0.1, 0.15) is 40.3 Å². The van der Waals surface area contributed by atoms with Gasteiger partial charge in [-0.25, -0.2) is 10.8 Å². The van der Waals surface area contributed by atoms with Crippen LogP contribution in [0.4, 0.5) is 0 Å². The highest BCUT2D eigenvalue weighted by Gasteiger charge is 2.26. The van der Waals surface area contributed by atoms with Gasteiger partial charge in [0.25, 0.3) is 0 Å². The first kappa shape index (κ1) is 26.7. The summed E-state index contributed by atoms with van der Waals surface area (Å²) in [5.41, 5.74) is 12.9. The van der Waals surface area contributed by atoms with Crippen molar-refractivity contribution in [1.82, 2.24) is 20.1 Å². The molecule has 5 N–H and O–H groups in total. The monoisotopic (exact) mass is 483 g/mol. The second-order valence-electron chi connectivity index (χ2n) is 8.42. The SMILES string of the molecule is C=C.CCc1cccc(C/C=C2/N=C(N3Cc4ccc(C)cc4C3)C=C(c3cn[nH]c3)N2N)c1.CN. The number of hydrazine groups is 1. The maximum atomic E-state index is 6.53. The topological polar surface area (TPSA) is 99.6 Å². The summed E-state index contributed by atoms with van der Waals surface area (Å²) in [5, 5.41) is 8.66. The van der Waals surface area contributed by atoms with Crippen LogP contribution in [0.15, 0.2) is 91.0 Å². The number of allylic oxidation sites excluding steroid dienone is 1. The number of nitrogens with one attached hydrogen (secondary N) is 1. The van der Waals surface area contributed by atoms with Crippen molar-refractivity contribution in [2.24, 2.45) is 16.6 Å². The summed E-state index contributed by atoms with van der Waals surface area (Å²) < 4.78 is 0. The molecule has 2 aliphatic rings. The fourth-order valence-electron chi connectivity index (χ4n) is 4.31. The summed E-state index contributed by atoms with van der Waals surface area (Å²) in [6.45, 7) is 12.0. The van der Waals surface area contributed by atoms with E-state index >= 15 is 0 Å². The van der Waals surface area contributed by atoms with Crippen molar-refractivity contribution in [1.29, 1.82) is 0 Å². The molecule has 3 heterocycles. The van der Waals surface area contributed by atoms with Gasteiger partial charge < -0.3 is 10.6 Å². The van der Waals surface area contributed by atoms with Gasteiger partial charge in [-0.1, -0.05) is 55.0 Å². The Balaban J connectivity index is 0.000000861. The Kier molecular flexibility index (Phi) is 9.39. The molecule has 2 aliphatic heterocycles. The van der Waals surface area contributed by atoms with Gasteiger partial charge in [0, 0.05) is 30.9 Å². The third-order valence-electron chi connectivity index (χ3n) is 6.12. The largest absolute Gasteiger partial charge is 0.348 e. The number of amidine groups is 1. The van der Waals surface area contributed by atoms with Crippen LogP contribution in [0.25, 0.3) is 5.70 Å². The molecule has 0 aliphatic carbocycles. The molecule has 188 valence electrons. The average Bonchev–Trinajstić information content (AvgIpc) is 3.61. The van der Waals surface area contributed by atoms with E-state index in [1.54, 1.807) is 11.2 Å². The van der Waals surface area contributed by atoms with E-state index in [1.807, 2.05) is 6.20 Å². The third-order valence-corrected chi connectivity index (χ3v) is 6.12. The molecule has 36 heavy (non-hydrogen) atoms. The zero-order chi connectivity index (χ0) is 26.1. The molecule has 0 fully saturated rings. The highest BCUT2D eigenvalue weighted by Crippen LogP contribution is 2.30. The lowest BCUT2D eigenvalue weighted by Gasteiger charge is -2.29. The van der Waals surface area contributed by atoms with Crippen LogP contribution < -0.4 is 11.6 Å². The van der Waals surface area contributed by atoms with Gasteiger partial charge in [-0.05, 0) is 55.1 Å². The lowest BCUT2D eigenvalue weighted by Crippen LogP contribution is -2.35. The minimum absolute atomic E-state index is 0.743. The van der Waals surface area contributed by atoms with E-state index in [1.165, 1.54) is 34.9 Å². The summed E-state index contributed by atoms with van der Waals surface area (Å²) in [4.78, 5) is 7.27. The van der Waals surface area contributed by atoms with Gasteiger partial charge in [0.2, 0.25) is 0 Å². The molecule has 1 aromatic heterocycles. The second-order valence-corrected chi connectivity index (χ2v) is 8.42. The summed E-state index contributed by atoms with van der Waals surface area (Å²) in [6, 6.07) is 15.3. The predicted molar refractivity (Wildman–Crippen MR) is 149 cm³/mol. The van der Waals surface area contributed by atoms with Crippen LogP contribution in [0.5, 0.6) is 0 Å². The van der Waals surface area contributed by atoms with E-state index in [9.17, 15) is 0 Å². The van der Waals surface area contributed by atoms with E-state index in [4.69, 9.17) is 10.8 Å². The molecule has 3 aromatic rings. The number of aryl methyl sites for hydroxylation is 2. The Hall–Kier alpha value is -3.94. The first-order valence-electron chi connectivity index (χ1n) is 12.1. The standard InChI is InChI=1S/C26H28N6.C2H4.CH5N/c1-3-19-5-4-6-20(12-19)8-10-25-30-26(13-24(32(25)27)23-14-28-29-15-23)31-16-21-9-7-18(2)11-22(21)17-31;2*1-2/h4-7,9-15H,3,8,16-17,27H2,1-2H3,(H,28,29);1-2H2;2H2,1H3/b25-10-;;. The number of benzene rings is 2. The average molecular weight is 484 g/mol. The van der Waals surface area contributed by atoms with Crippen LogP contribution in [0.2, 0.25) is 0 Å². The van der Waals surface area contributed by atoms with Gasteiger partial charge in [-0.15, -0.1) is 13.2 Å². The molecule has 5 rings (SSSR count). The number of nitrogens with zero attached hydrogens (tertiary/aromatic N) is 4. The smallest absolute Gasteiger partial charge is 0.146 e. The quantitative estimate of drug-likeness (QED) is 0.369. The molecule has 0 saturated heterocycles. The number of rotatable bonds is 4. The predicted octanol–water partition coefficient (Wildman–Crippen LogP) is 4.69. The molecule has 0 radical (unpaired) electrons. The van der Waals surface area contributed by atoms with Crippen molar-refractivity contribution in [3.8, 4) is 0 Å². The minimum atomic E-state index is 0.743. The number of hydrogen-bond acceptors (Lipinski definition) is 6. The summed E-state index contributed by atoms with van der Waals surface area (Å²) in [7, 11) is 1.50. The van der Waals surface area contributed by atoms with E-state index in [-0.39, 0.29) is 0 Å². The first-order valence-corrected chi connectivity index (χ1v) is 12.1. The van der Waals surface area contributed by atoms with Gasteiger partial charge in [-0.3, -0.25) is 10.1 Å².